The number of aryl methyl sites for hydroxylation is 1. The second-order valence-corrected chi connectivity index (χ2v) is 5.60. The third kappa shape index (κ3) is 4.73. The number of Topliss-reactive ketones (excluding diaryl/α,β-unsaturated/α-hetero) is 1. The fraction of sp³-hybridized carbons (Fsp3) is 0.350. The monoisotopic (exact) mass is 296 g/mol. The van der Waals surface area contributed by atoms with Crippen LogP contribution in [0.15, 0.2) is 48.5 Å². The van der Waals surface area contributed by atoms with Gasteiger partial charge in [-0.3, -0.25) is 4.79 Å². The number of methoxy groups -OCH3 is 1. The average molecular weight is 296 g/mol. The van der Waals surface area contributed by atoms with Gasteiger partial charge in [-0.15, -0.1) is 0 Å². The van der Waals surface area contributed by atoms with Crippen LogP contribution in [0.5, 0.6) is 5.75 Å². The lowest BCUT2D eigenvalue weighted by atomic mass is 10.00. The molecule has 0 atom stereocenters. The first-order valence-corrected chi connectivity index (χ1v) is 7.98. The molecule has 2 nitrogen and oxygen atoms in total. The highest BCUT2D eigenvalue weighted by atomic mass is 16.5. The van der Waals surface area contributed by atoms with E-state index >= 15 is 0 Å². The smallest absolute Gasteiger partial charge is 0.167 e. The van der Waals surface area contributed by atoms with E-state index < -0.39 is 0 Å². The molecule has 0 spiro atoms. The third-order valence-corrected chi connectivity index (χ3v) is 3.87. The molecule has 116 valence electrons. The summed E-state index contributed by atoms with van der Waals surface area (Å²) >= 11 is 0. The molecule has 2 aromatic carbocycles. The van der Waals surface area contributed by atoms with E-state index in [1.54, 1.807) is 7.11 Å². The van der Waals surface area contributed by atoms with E-state index in [-0.39, 0.29) is 5.78 Å². The number of ether oxygens (including phenoxy) is 1. The fourth-order valence-corrected chi connectivity index (χ4v) is 2.47. The summed E-state index contributed by atoms with van der Waals surface area (Å²) in [5.41, 5.74) is 3.11. The maximum atomic E-state index is 12.3. The van der Waals surface area contributed by atoms with Gasteiger partial charge in [0, 0.05) is 12.0 Å². The Hall–Kier alpha value is -2.09. The highest BCUT2D eigenvalue weighted by molar-refractivity contribution is 5.97. The van der Waals surface area contributed by atoms with Crippen LogP contribution in [0, 0.1) is 0 Å². The Morgan fingerprint density at radius 1 is 0.909 bits per heavy atom. The predicted octanol–water partition coefficient (Wildman–Crippen LogP) is 4.85. The normalized spacial score (nSPS) is 10.5. The van der Waals surface area contributed by atoms with Crippen LogP contribution < -0.4 is 4.74 Å². The molecule has 2 aromatic rings. The van der Waals surface area contributed by atoms with Crippen molar-refractivity contribution in [2.75, 3.05) is 7.11 Å². The van der Waals surface area contributed by atoms with Crippen LogP contribution in [0.25, 0.3) is 0 Å². The van der Waals surface area contributed by atoms with E-state index in [1.807, 2.05) is 36.4 Å². The number of hydrogen-bond donors (Lipinski definition) is 0. The lowest BCUT2D eigenvalue weighted by Crippen LogP contribution is -2.03. The van der Waals surface area contributed by atoms with E-state index in [4.69, 9.17) is 4.74 Å². The second kappa shape index (κ2) is 8.38. The Balaban J connectivity index is 1.94. The molecule has 2 rings (SSSR count). The maximum Gasteiger partial charge on any atom is 0.167 e. The lowest BCUT2D eigenvalue weighted by Gasteiger charge is -2.05. The Kier molecular flexibility index (Phi) is 6.20. The Labute approximate surface area is 133 Å². The van der Waals surface area contributed by atoms with Gasteiger partial charge in [0.1, 0.15) is 5.75 Å². The summed E-state index contributed by atoms with van der Waals surface area (Å²) in [5.74, 6) is 0.970. The molecule has 0 amide bonds. The molecular weight excluding hydrogens is 272 g/mol. The Morgan fingerprint density at radius 3 is 2.14 bits per heavy atom. The van der Waals surface area contributed by atoms with E-state index in [9.17, 15) is 4.79 Å². The second-order valence-electron chi connectivity index (χ2n) is 5.60. The Bertz CT molecular complexity index is 582. The summed E-state index contributed by atoms with van der Waals surface area (Å²) in [5, 5.41) is 0. The van der Waals surface area contributed by atoms with Crippen LogP contribution >= 0.6 is 0 Å². The zero-order valence-corrected chi connectivity index (χ0v) is 13.5. The van der Waals surface area contributed by atoms with Gasteiger partial charge in [0.25, 0.3) is 0 Å². The van der Waals surface area contributed by atoms with Gasteiger partial charge in [-0.05, 0) is 36.1 Å². The number of carbonyl (C=O) groups is 1. The van der Waals surface area contributed by atoms with Crippen LogP contribution in [-0.2, 0) is 12.8 Å². The minimum Gasteiger partial charge on any atom is -0.497 e. The van der Waals surface area contributed by atoms with Crippen LogP contribution in [0.4, 0.5) is 0 Å². The first-order valence-electron chi connectivity index (χ1n) is 7.98. The number of rotatable bonds is 8. The topological polar surface area (TPSA) is 26.3 Å². The van der Waals surface area contributed by atoms with Gasteiger partial charge in [0.2, 0.25) is 0 Å². The van der Waals surface area contributed by atoms with E-state index in [2.05, 4.69) is 19.1 Å². The molecule has 0 radical (unpaired) electrons. The van der Waals surface area contributed by atoms with Gasteiger partial charge in [-0.1, -0.05) is 56.2 Å². The first-order chi connectivity index (χ1) is 10.7. The van der Waals surface area contributed by atoms with Gasteiger partial charge in [-0.2, -0.15) is 0 Å². The van der Waals surface area contributed by atoms with E-state index in [0.29, 0.717) is 6.42 Å². The van der Waals surface area contributed by atoms with Crippen molar-refractivity contribution >= 4 is 5.78 Å². The zero-order chi connectivity index (χ0) is 15.8. The van der Waals surface area contributed by atoms with Gasteiger partial charge < -0.3 is 4.74 Å². The van der Waals surface area contributed by atoms with Crippen LogP contribution in [-0.4, -0.2) is 12.9 Å². The molecule has 0 saturated heterocycles. The van der Waals surface area contributed by atoms with Crippen molar-refractivity contribution in [3.63, 3.8) is 0 Å². The molecule has 2 heteroatoms. The summed E-state index contributed by atoms with van der Waals surface area (Å²) in [6.07, 6.45) is 5.24. The lowest BCUT2D eigenvalue weighted by molar-refractivity contribution is 0.0993. The number of carbonyl (C=O) groups excluding carboxylic acids is 1. The van der Waals surface area contributed by atoms with Gasteiger partial charge in [0.15, 0.2) is 5.78 Å². The largest absolute Gasteiger partial charge is 0.497 e. The quantitative estimate of drug-likeness (QED) is 0.514. The predicted molar refractivity (Wildman–Crippen MR) is 90.7 cm³/mol. The third-order valence-electron chi connectivity index (χ3n) is 3.87. The molecule has 0 aliphatic rings. The Morgan fingerprint density at radius 2 is 1.55 bits per heavy atom. The zero-order valence-electron chi connectivity index (χ0n) is 13.5. The van der Waals surface area contributed by atoms with E-state index in [1.165, 1.54) is 24.8 Å². The SMILES string of the molecule is CCCCCc1ccc(C(=O)Cc2ccc(OC)cc2)cc1. The van der Waals surface area contributed by atoms with Crippen molar-refractivity contribution in [1.82, 2.24) is 0 Å². The average Bonchev–Trinajstić information content (AvgIpc) is 2.56. The molecule has 0 N–H and O–H groups in total. The maximum absolute atomic E-state index is 12.3. The van der Waals surface area contributed by atoms with Crippen LogP contribution in [0.1, 0.15) is 47.7 Å². The van der Waals surface area contributed by atoms with Crippen molar-refractivity contribution in [2.24, 2.45) is 0 Å². The van der Waals surface area contributed by atoms with Crippen molar-refractivity contribution in [2.45, 2.75) is 39.0 Å². The van der Waals surface area contributed by atoms with Crippen molar-refractivity contribution in [1.29, 1.82) is 0 Å². The standard InChI is InChI=1S/C20H24O2/c1-3-4-5-6-16-7-11-18(12-8-16)20(21)15-17-9-13-19(22-2)14-10-17/h7-14H,3-6,15H2,1-2H3. The minimum absolute atomic E-state index is 0.158. The van der Waals surface area contributed by atoms with Gasteiger partial charge in [-0.25, -0.2) is 0 Å². The summed E-state index contributed by atoms with van der Waals surface area (Å²) < 4.78 is 5.13. The number of ketones is 1. The van der Waals surface area contributed by atoms with Crippen LogP contribution in [0.2, 0.25) is 0 Å². The highest BCUT2D eigenvalue weighted by Gasteiger charge is 2.07. The molecule has 0 aliphatic carbocycles. The van der Waals surface area contributed by atoms with Gasteiger partial charge >= 0.3 is 0 Å². The molecule has 22 heavy (non-hydrogen) atoms. The highest BCUT2D eigenvalue weighted by Crippen LogP contribution is 2.15. The van der Waals surface area contributed by atoms with Gasteiger partial charge in [0.05, 0.1) is 7.11 Å². The molecule has 0 aromatic heterocycles. The first kappa shape index (κ1) is 16.3. The minimum atomic E-state index is 0.158. The van der Waals surface area contributed by atoms with Crippen LogP contribution in [0.3, 0.4) is 0 Å². The molecular formula is C20H24O2. The summed E-state index contributed by atoms with van der Waals surface area (Å²) in [7, 11) is 1.64. The summed E-state index contributed by atoms with van der Waals surface area (Å²) in [6.45, 7) is 2.21. The molecule has 0 saturated carbocycles. The molecule has 0 heterocycles. The van der Waals surface area contributed by atoms with Crippen molar-refractivity contribution in [3.8, 4) is 5.75 Å². The van der Waals surface area contributed by atoms with E-state index in [0.717, 1.165) is 23.3 Å². The molecule has 0 bridgehead atoms. The number of unbranched alkanes of at least 4 members (excludes halogenated alkanes) is 2. The molecule has 0 unspecified atom stereocenters. The summed E-state index contributed by atoms with van der Waals surface area (Å²) in [4.78, 5) is 12.3. The van der Waals surface area contributed by atoms with Crippen molar-refractivity contribution < 1.29 is 9.53 Å². The fourth-order valence-electron chi connectivity index (χ4n) is 2.47. The molecule has 0 fully saturated rings. The summed E-state index contributed by atoms with van der Waals surface area (Å²) in [6, 6.07) is 15.7. The number of benzene rings is 2. The molecule has 0 aliphatic heterocycles. The van der Waals surface area contributed by atoms with Crippen molar-refractivity contribution in [3.05, 3.63) is 65.2 Å². The number of hydrogen-bond acceptors (Lipinski definition) is 2.